The average molecular weight is 506 g/mol. The van der Waals surface area contributed by atoms with Crippen molar-refractivity contribution in [3.63, 3.8) is 0 Å². The van der Waals surface area contributed by atoms with E-state index in [2.05, 4.69) is 10.5 Å². The van der Waals surface area contributed by atoms with Crippen LogP contribution in [0.1, 0.15) is 34.2 Å². The fraction of sp³-hybridized carbons (Fsp3) is 0.250. The summed E-state index contributed by atoms with van der Waals surface area (Å²) in [6.07, 6.45) is 2.02. The number of amides is 1. The smallest absolute Gasteiger partial charge is 0.286 e. The second kappa shape index (κ2) is 10.3. The quantitative estimate of drug-likeness (QED) is 0.485. The summed E-state index contributed by atoms with van der Waals surface area (Å²) in [6, 6.07) is 12.7. The van der Waals surface area contributed by atoms with E-state index >= 15 is 0 Å². The number of carbonyl (C=O) groups excluding carboxylic acids is 1. The standard InChI is InChI=1S/C24H23Cl3N4O2/c1-15(13-17-3-5-18(25)6-4-17)23-16(2)22(24(32)29-30-9-11-33-12-10-30)28-31(23)21-8-7-19(26)14-20(21)27/h3-8,13-14H,9-12H2,1-2H3,(H,29,32). The Bertz CT molecular complexity index is 1200. The van der Waals surface area contributed by atoms with Crippen molar-refractivity contribution in [2.75, 3.05) is 26.3 Å². The van der Waals surface area contributed by atoms with Gasteiger partial charge < -0.3 is 4.74 Å². The fourth-order valence-electron chi connectivity index (χ4n) is 3.75. The molecule has 33 heavy (non-hydrogen) atoms. The Balaban J connectivity index is 1.78. The van der Waals surface area contributed by atoms with Gasteiger partial charge in [0.25, 0.3) is 5.91 Å². The average Bonchev–Trinajstić information content (AvgIpc) is 3.13. The van der Waals surface area contributed by atoms with E-state index in [1.54, 1.807) is 22.9 Å². The van der Waals surface area contributed by atoms with Crippen molar-refractivity contribution >= 4 is 52.4 Å². The van der Waals surface area contributed by atoms with Gasteiger partial charge in [-0.25, -0.2) is 9.69 Å². The van der Waals surface area contributed by atoms with Gasteiger partial charge in [-0.2, -0.15) is 5.10 Å². The highest BCUT2D eigenvalue weighted by Crippen LogP contribution is 2.31. The SMILES string of the molecule is CC(=Cc1ccc(Cl)cc1)c1c(C)c(C(=O)NN2CCOCC2)nn1-c1ccc(Cl)cc1Cl. The molecule has 1 saturated heterocycles. The third kappa shape index (κ3) is 5.42. The Hall–Kier alpha value is -2.35. The summed E-state index contributed by atoms with van der Waals surface area (Å²) in [7, 11) is 0. The number of benzene rings is 2. The predicted molar refractivity (Wildman–Crippen MR) is 133 cm³/mol. The minimum Gasteiger partial charge on any atom is -0.379 e. The Morgan fingerprint density at radius 1 is 1.06 bits per heavy atom. The molecule has 1 fully saturated rings. The Kier molecular flexibility index (Phi) is 7.41. The number of rotatable bonds is 5. The van der Waals surface area contributed by atoms with Crippen molar-refractivity contribution in [3.05, 3.63) is 80.0 Å². The maximum Gasteiger partial charge on any atom is 0.286 e. The van der Waals surface area contributed by atoms with Gasteiger partial charge in [-0.3, -0.25) is 10.2 Å². The molecule has 1 N–H and O–H groups in total. The van der Waals surface area contributed by atoms with Gasteiger partial charge in [-0.15, -0.1) is 0 Å². The maximum atomic E-state index is 13.1. The molecule has 4 rings (SSSR count). The molecular formula is C24H23Cl3N4O2. The molecule has 0 atom stereocenters. The van der Waals surface area contributed by atoms with Crippen molar-refractivity contribution in [2.45, 2.75) is 13.8 Å². The monoisotopic (exact) mass is 504 g/mol. The summed E-state index contributed by atoms with van der Waals surface area (Å²) in [5.41, 5.74) is 7.31. The number of carbonyl (C=O) groups is 1. The molecule has 1 amide bonds. The lowest BCUT2D eigenvalue weighted by Crippen LogP contribution is -2.48. The van der Waals surface area contributed by atoms with Crippen LogP contribution in [0.4, 0.5) is 0 Å². The summed E-state index contributed by atoms with van der Waals surface area (Å²) < 4.78 is 7.05. The normalized spacial score (nSPS) is 15.0. The van der Waals surface area contributed by atoms with Gasteiger partial charge in [0.1, 0.15) is 0 Å². The van der Waals surface area contributed by atoms with E-state index in [1.807, 2.05) is 49.2 Å². The first kappa shape index (κ1) is 23.8. The van der Waals surface area contributed by atoms with E-state index in [0.29, 0.717) is 52.8 Å². The van der Waals surface area contributed by atoms with Gasteiger partial charge in [0.2, 0.25) is 0 Å². The molecule has 2 aromatic carbocycles. The molecule has 2 heterocycles. The highest BCUT2D eigenvalue weighted by molar-refractivity contribution is 6.35. The van der Waals surface area contributed by atoms with Crippen LogP contribution in [0.3, 0.4) is 0 Å². The zero-order valence-electron chi connectivity index (χ0n) is 18.2. The molecular weight excluding hydrogens is 483 g/mol. The number of ether oxygens (including phenoxy) is 1. The van der Waals surface area contributed by atoms with E-state index in [-0.39, 0.29) is 5.91 Å². The van der Waals surface area contributed by atoms with Crippen LogP contribution in [0.2, 0.25) is 15.1 Å². The predicted octanol–water partition coefficient (Wildman–Crippen LogP) is 5.68. The Morgan fingerprint density at radius 2 is 1.73 bits per heavy atom. The molecule has 0 unspecified atom stereocenters. The molecule has 1 aromatic heterocycles. The molecule has 0 radical (unpaired) electrons. The fourth-order valence-corrected chi connectivity index (χ4v) is 4.37. The van der Waals surface area contributed by atoms with Crippen LogP contribution in [0.15, 0.2) is 42.5 Å². The number of allylic oxidation sites excluding steroid dienone is 1. The zero-order valence-corrected chi connectivity index (χ0v) is 20.5. The maximum absolute atomic E-state index is 13.1. The van der Waals surface area contributed by atoms with Crippen LogP contribution >= 0.6 is 34.8 Å². The molecule has 9 heteroatoms. The lowest BCUT2D eigenvalue weighted by atomic mass is 10.0. The number of hydrazine groups is 1. The van der Waals surface area contributed by atoms with Gasteiger partial charge in [0, 0.05) is 28.7 Å². The molecule has 3 aromatic rings. The van der Waals surface area contributed by atoms with Crippen LogP contribution in [-0.4, -0.2) is 47.0 Å². The van der Waals surface area contributed by atoms with Gasteiger partial charge in [-0.1, -0.05) is 46.9 Å². The molecule has 1 aliphatic heterocycles. The second-order valence-electron chi connectivity index (χ2n) is 7.75. The van der Waals surface area contributed by atoms with E-state index in [4.69, 9.17) is 39.5 Å². The molecule has 1 aliphatic rings. The summed E-state index contributed by atoms with van der Waals surface area (Å²) in [4.78, 5) is 13.1. The van der Waals surface area contributed by atoms with Crippen molar-refractivity contribution in [1.82, 2.24) is 20.2 Å². The highest BCUT2D eigenvalue weighted by atomic mass is 35.5. The number of hydrogen-bond acceptors (Lipinski definition) is 4. The Morgan fingerprint density at radius 3 is 2.39 bits per heavy atom. The molecule has 0 bridgehead atoms. The minimum absolute atomic E-state index is 0.279. The van der Waals surface area contributed by atoms with Crippen LogP contribution in [0, 0.1) is 6.92 Å². The number of halogens is 3. The van der Waals surface area contributed by atoms with E-state index < -0.39 is 0 Å². The molecule has 0 saturated carbocycles. The second-order valence-corrected chi connectivity index (χ2v) is 9.03. The number of nitrogens with zero attached hydrogens (tertiary/aromatic N) is 3. The number of hydrogen-bond donors (Lipinski definition) is 1. The van der Waals surface area contributed by atoms with E-state index in [9.17, 15) is 4.79 Å². The number of morpholine rings is 1. The minimum atomic E-state index is -0.279. The van der Waals surface area contributed by atoms with Crippen LogP contribution in [0.5, 0.6) is 0 Å². The molecule has 6 nitrogen and oxygen atoms in total. The van der Waals surface area contributed by atoms with E-state index in [1.165, 1.54) is 0 Å². The lowest BCUT2D eigenvalue weighted by molar-refractivity contribution is 0.0124. The first-order valence-corrected chi connectivity index (χ1v) is 11.6. The topological polar surface area (TPSA) is 59.4 Å². The Labute approximate surface area is 207 Å². The van der Waals surface area contributed by atoms with Gasteiger partial charge in [0.15, 0.2) is 5.69 Å². The summed E-state index contributed by atoms with van der Waals surface area (Å²) in [6.45, 7) is 6.25. The zero-order chi connectivity index (χ0) is 23.5. The number of aromatic nitrogens is 2. The van der Waals surface area contributed by atoms with Crippen molar-refractivity contribution < 1.29 is 9.53 Å². The lowest BCUT2D eigenvalue weighted by Gasteiger charge is -2.26. The van der Waals surface area contributed by atoms with Crippen LogP contribution in [0.25, 0.3) is 17.3 Å². The largest absolute Gasteiger partial charge is 0.379 e. The first-order chi connectivity index (χ1) is 15.8. The molecule has 172 valence electrons. The van der Waals surface area contributed by atoms with Crippen LogP contribution < -0.4 is 5.43 Å². The van der Waals surface area contributed by atoms with E-state index in [0.717, 1.165) is 22.4 Å². The van der Waals surface area contributed by atoms with Gasteiger partial charge >= 0.3 is 0 Å². The van der Waals surface area contributed by atoms with Crippen LogP contribution in [-0.2, 0) is 4.74 Å². The van der Waals surface area contributed by atoms with Gasteiger partial charge in [-0.05, 0) is 61.4 Å². The number of nitrogens with one attached hydrogen (secondary N) is 1. The summed E-state index contributed by atoms with van der Waals surface area (Å²) >= 11 is 18.6. The summed E-state index contributed by atoms with van der Waals surface area (Å²) in [5, 5.41) is 8.14. The molecule has 0 aliphatic carbocycles. The van der Waals surface area contributed by atoms with Crippen molar-refractivity contribution in [1.29, 1.82) is 0 Å². The van der Waals surface area contributed by atoms with Gasteiger partial charge in [0.05, 0.1) is 29.6 Å². The first-order valence-electron chi connectivity index (χ1n) is 10.5. The van der Waals surface area contributed by atoms with Crippen molar-refractivity contribution in [3.8, 4) is 5.69 Å². The molecule has 0 spiro atoms. The highest BCUT2D eigenvalue weighted by Gasteiger charge is 2.24. The third-order valence-electron chi connectivity index (χ3n) is 5.37. The third-order valence-corrected chi connectivity index (χ3v) is 6.16. The summed E-state index contributed by atoms with van der Waals surface area (Å²) in [5.74, 6) is -0.279. The van der Waals surface area contributed by atoms with Crippen molar-refractivity contribution in [2.24, 2.45) is 0 Å².